The fourth-order valence-electron chi connectivity index (χ4n) is 1.94. The highest BCUT2D eigenvalue weighted by molar-refractivity contribution is 5.90. The Balaban J connectivity index is 2.11. The van der Waals surface area contributed by atoms with E-state index in [1.54, 1.807) is 31.4 Å². The number of rotatable bonds is 4. The molecule has 0 fully saturated rings. The van der Waals surface area contributed by atoms with Crippen molar-refractivity contribution in [3.63, 3.8) is 0 Å². The van der Waals surface area contributed by atoms with Crippen LogP contribution in [0.1, 0.15) is 5.82 Å². The number of pyridine rings is 1. The van der Waals surface area contributed by atoms with Crippen LogP contribution in [0.15, 0.2) is 24.8 Å². The second kappa shape index (κ2) is 4.69. The maximum absolute atomic E-state index is 5.27. The molecular formula is C12H13N5O2. The number of aromatic nitrogens is 5. The molecule has 3 heterocycles. The van der Waals surface area contributed by atoms with Gasteiger partial charge in [-0.05, 0) is 6.07 Å². The Morgan fingerprint density at radius 2 is 2.21 bits per heavy atom. The Labute approximate surface area is 109 Å². The molecule has 0 unspecified atom stereocenters. The molecule has 98 valence electrons. The third-order valence-electron chi connectivity index (χ3n) is 2.79. The van der Waals surface area contributed by atoms with E-state index < -0.39 is 0 Å². The van der Waals surface area contributed by atoms with Crippen LogP contribution in [-0.4, -0.2) is 39.0 Å². The molecule has 3 rings (SSSR count). The number of hydrogen-bond acceptors (Lipinski definition) is 5. The first-order chi connectivity index (χ1) is 9.33. The van der Waals surface area contributed by atoms with E-state index in [9.17, 15) is 0 Å². The van der Waals surface area contributed by atoms with Gasteiger partial charge >= 0.3 is 0 Å². The van der Waals surface area contributed by atoms with Crippen molar-refractivity contribution >= 4 is 10.9 Å². The van der Waals surface area contributed by atoms with Gasteiger partial charge in [0.1, 0.15) is 18.7 Å². The molecule has 19 heavy (non-hydrogen) atoms. The largest absolute Gasteiger partial charge is 0.494 e. The second-order valence-electron chi connectivity index (χ2n) is 3.95. The van der Waals surface area contributed by atoms with Crippen molar-refractivity contribution in [2.45, 2.75) is 6.61 Å². The maximum Gasteiger partial charge on any atom is 0.179 e. The summed E-state index contributed by atoms with van der Waals surface area (Å²) >= 11 is 0. The number of H-pyrrole nitrogens is 1. The Morgan fingerprint density at radius 3 is 3.00 bits per heavy atom. The molecule has 0 spiro atoms. The van der Waals surface area contributed by atoms with Crippen LogP contribution in [0.5, 0.6) is 5.75 Å². The van der Waals surface area contributed by atoms with Gasteiger partial charge in [0.15, 0.2) is 11.6 Å². The number of hydrogen-bond donors (Lipinski definition) is 1. The number of nitrogens with one attached hydrogen (secondary N) is 1. The van der Waals surface area contributed by atoms with Crippen molar-refractivity contribution in [1.29, 1.82) is 0 Å². The number of ether oxygens (including phenoxy) is 2. The summed E-state index contributed by atoms with van der Waals surface area (Å²) in [7, 11) is 3.23. The Kier molecular flexibility index (Phi) is 2.88. The SMILES string of the molecule is COCc1ncn(-c2ncc(OC)c3cc[nH]c23)n1. The molecule has 0 saturated carbocycles. The van der Waals surface area contributed by atoms with E-state index in [1.807, 2.05) is 12.3 Å². The van der Waals surface area contributed by atoms with Crippen LogP contribution in [0.4, 0.5) is 0 Å². The van der Waals surface area contributed by atoms with Crippen LogP contribution in [0.25, 0.3) is 16.7 Å². The number of methoxy groups -OCH3 is 2. The average Bonchev–Trinajstić information content (AvgIpc) is 3.06. The smallest absolute Gasteiger partial charge is 0.179 e. The van der Waals surface area contributed by atoms with Gasteiger partial charge in [0.25, 0.3) is 0 Å². The van der Waals surface area contributed by atoms with Crippen molar-refractivity contribution in [3.8, 4) is 11.6 Å². The zero-order valence-corrected chi connectivity index (χ0v) is 10.6. The van der Waals surface area contributed by atoms with E-state index in [0.717, 1.165) is 16.7 Å². The molecule has 0 amide bonds. The van der Waals surface area contributed by atoms with Crippen molar-refractivity contribution in [2.75, 3.05) is 14.2 Å². The molecule has 0 saturated heterocycles. The number of aromatic amines is 1. The minimum Gasteiger partial charge on any atom is -0.494 e. The van der Waals surface area contributed by atoms with Crippen molar-refractivity contribution in [3.05, 3.63) is 30.6 Å². The third-order valence-corrected chi connectivity index (χ3v) is 2.79. The molecular weight excluding hydrogens is 246 g/mol. The van der Waals surface area contributed by atoms with Crippen LogP contribution >= 0.6 is 0 Å². The van der Waals surface area contributed by atoms with E-state index in [4.69, 9.17) is 9.47 Å². The van der Waals surface area contributed by atoms with Crippen molar-refractivity contribution in [1.82, 2.24) is 24.7 Å². The molecule has 1 N–H and O–H groups in total. The molecule has 0 aliphatic heterocycles. The van der Waals surface area contributed by atoms with Crippen molar-refractivity contribution in [2.24, 2.45) is 0 Å². The molecule has 0 bridgehead atoms. The fraction of sp³-hybridized carbons (Fsp3) is 0.250. The van der Waals surface area contributed by atoms with Crippen LogP contribution in [-0.2, 0) is 11.3 Å². The molecule has 3 aromatic rings. The van der Waals surface area contributed by atoms with Gasteiger partial charge in [-0.15, -0.1) is 5.10 Å². The first-order valence-electron chi connectivity index (χ1n) is 5.73. The van der Waals surface area contributed by atoms with Crippen LogP contribution in [0, 0.1) is 0 Å². The summed E-state index contributed by atoms with van der Waals surface area (Å²) in [5, 5.41) is 5.27. The monoisotopic (exact) mass is 259 g/mol. The topological polar surface area (TPSA) is 77.9 Å². The lowest BCUT2D eigenvalue weighted by molar-refractivity contribution is 0.178. The normalized spacial score (nSPS) is 11.1. The van der Waals surface area contributed by atoms with Gasteiger partial charge < -0.3 is 14.5 Å². The lowest BCUT2D eigenvalue weighted by atomic mass is 10.3. The first kappa shape index (κ1) is 11.7. The Bertz CT molecular complexity index is 703. The van der Waals surface area contributed by atoms with Crippen molar-refractivity contribution < 1.29 is 9.47 Å². The van der Waals surface area contributed by atoms with Gasteiger partial charge in [0, 0.05) is 18.7 Å². The lowest BCUT2D eigenvalue weighted by Crippen LogP contribution is -2.01. The number of fused-ring (bicyclic) bond motifs is 1. The van der Waals surface area contributed by atoms with E-state index >= 15 is 0 Å². The molecule has 7 heteroatoms. The minimum atomic E-state index is 0.372. The zero-order valence-electron chi connectivity index (χ0n) is 10.6. The molecule has 0 aliphatic carbocycles. The van der Waals surface area contributed by atoms with Crippen LogP contribution < -0.4 is 4.74 Å². The highest BCUT2D eigenvalue weighted by Gasteiger charge is 2.12. The Morgan fingerprint density at radius 1 is 1.32 bits per heavy atom. The molecule has 7 nitrogen and oxygen atoms in total. The minimum absolute atomic E-state index is 0.372. The van der Waals surface area contributed by atoms with Crippen LogP contribution in [0.2, 0.25) is 0 Å². The summed E-state index contributed by atoms with van der Waals surface area (Å²) in [4.78, 5) is 11.7. The predicted molar refractivity (Wildman–Crippen MR) is 68.3 cm³/mol. The predicted octanol–water partition coefficient (Wildman–Crippen LogP) is 1.30. The molecule has 0 aliphatic rings. The quantitative estimate of drug-likeness (QED) is 0.764. The molecule has 0 radical (unpaired) electrons. The van der Waals surface area contributed by atoms with E-state index in [0.29, 0.717) is 18.2 Å². The standard InChI is InChI=1S/C12H13N5O2/c1-18-6-10-15-7-17(16-10)12-11-8(3-4-13-11)9(19-2)5-14-12/h3-5,7,13H,6H2,1-2H3. The van der Waals surface area contributed by atoms with Gasteiger partial charge in [-0.2, -0.15) is 0 Å². The molecule has 3 aromatic heterocycles. The molecule has 0 atom stereocenters. The summed E-state index contributed by atoms with van der Waals surface area (Å²) in [5.74, 6) is 2.01. The van der Waals surface area contributed by atoms with Gasteiger partial charge in [0.2, 0.25) is 0 Å². The summed E-state index contributed by atoms with van der Waals surface area (Å²) in [6, 6.07) is 1.94. The fourth-order valence-corrected chi connectivity index (χ4v) is 1.94. The van der Waals surface area contributed by atoms with Gasteiger partial charge in [0.05, 0.1) is 18.8 Å². The molecule has 0 aromatic carbocycles. The summed E-state index contributed by atoms with van der Waals surface area (Å²) in [6.45, 7) is 0.372. The highest BCUT2D eigenvalue weighted by atomic mass is 16.5. The highest BCUT2D eigenvalue weighted by Crippen LogP contribution is 2.27. The van der Waals surface area contributed by atoms with Gasteiger partial charge in [-0.25, -0.2) is 14.6 Å². The van der Waals surface area contributed by atoms with E-state index in [-0.39, 0.29) is 0 Å². The summed E-state index contributed by atoms with van der Waals surface area (Å²) < 4.78 is 11.9. The van der Waals surface area contributed by atoms with E-state index in [2.05, 4.69) is 20.1 Å². The zero-order chi connectivity index (χ0) is 13.2. The lowest BCUT2D eigenvalue weighted by Gasteiger charge is -2.05. The average molecular weight is 259 g/mol. The summed E-state index contributed by atoms with van der Waals surface area (Å²) in [6.07, 6.45) is 5.12. The van der Waals surface area contributed by atoms with Crippen LogP contribution in [0.3, 0.4) is 0 Å². The third kappa shape index (κ3) is 1.93. The first-order valence-corrected chi connectivity index (χ1v) is 5.73. The maximum atomic E-state index is 5.27. The number of nitrogens with zero attached hydrogens (tertiary/aromatic N) is 4. The van der Waals surface area contributed by atoms with E-state index in [1.165, 1.54) is 0 Å². The Hall–Kier alpha value is -2.41. The second-order valence-corrected chi connectivity index (χ2v) is 3.95. The summed E-state index contributed by atoms with van der Waals surface area (Å²) in [5.41, 5.74) is 0.855. The van der Waals surface area contributed by atoms with Gasteiger partial charge in [-0.1, -0.05) is 0 Å². The van der Waals surface area contributed by atoms with Gasteiger partial charge in [-0.3, -0.25) is 0 Å².